The minimum Gasteiger partial charge on any atom is -0.424 e. The number of fused-ring (bicyclic) bond motifs is 1. The molecule has 2 rings (SSSR count). The number of ether oxygens (including phenoxy) is 1. The number of nitrogens with one attached hydrogen (secondary N) is 1. The van der Waals surface area contributed by atoms with Crippen LogP contribution in [0.2, 0.25) is 0 Å². The molecule has 0 radical (unpaired) electrons. The molecular weight excluding hydrogens is 190 g/mol. The molecule has 0 saturated heterocycles. The third-order valence-corrected chi connectivity index (χ3v) is 2.60. The Balaban J connectivity index is 2.61. The molecule has 0 unspecified atom stereocenters. The molecule has 0 aliphatic rings. The van der Waals surface area contributed by atoms with Gasteiger partial charge in [-0.25, -0.2) is 0 Å². The van der Waals surface area contributed by atoms with E-state index in [1.165, 1.54) is 18.1 Å². The number of carbonyl (C=O) groups is 1. The van der Waals surface area contributed by atoms with Crippen LogP contribution in [0.25, 0.3) is 10.9 Å². The molecule has 3 heteroatoms. The summed E-state index contributed by atoms with van der Waals surface area (Å²) >= 11 is 0. The highest BCUT2D eigenvalue weighted by atomic mass is 16.5. The van der Waals surface area contributed by atoms with Crippen LogP contribution in [0, 0.1) is 13.8 Å². The lowest BCUT2D eigenvalue weighted by atomic mass is 10.1. The molecule has 1 aromatic heterocycles. The van der Waals surface area contributed by atoms with Crippen LogP contribution in [0.4, 0.5) is 0 Å². The van der Waals surface area contributed by atoms with Crippen molar-refractivity contribution in [3.05, 3.63) is 29.5 Å². The summed E-state index contributed by atoms with van der Waals surface area (Å²) in [6.45, 7) is 5.51. The van der Waals surface area contributed by atoms with Crippen LogP contribution in [0.1, 0.15) is 18.1 Å². The van der Waals surface area contributed by atoms with Gasteiger partial charge in [0.1, 0.15) is 0 Å². The second-order valence-electron chi connectivity index (χ2n) is 3.68. The van der Waals surface area contributed by atoms with E-state index in [0.717, 1.165) is 10.9 Å². The Morgan fingerprint density at radius 1 is 1.33 bits per heavy atom. The molecule has 1 aromatic carbocycles. The molecule has 2 aromatic rings. The fourth-order valence-corrected chi connectivity index (χ4v) is 1.66. The topological polar surface area (TPSA) is 42.1 Å². The van der Waals surface area contributed by atoms with Crippen molar-refractivity contribution in [3.8, 4) is 5.75 Å². The Kier molecular flexibility index (Phi) is 2.23. The van der Waals surface area contributed by atoms with Crippen molar-refractivity contribution in [2.24, 2.45) is 0 Å². The zero-order valence-corrected chi connectivity index (χ0v) is 9.05. The van der Waals surface area contributed by atoms with Crippen molar-refractivity contribution in [3.63, 3.8) is 0 Å². The van der Waals surface area contributed by atoms with E-state index in [2.05, 4.69) is 11.9 Å². The molecule has 1 heterocycles. The van der Waals surface area contributed by atoms with E-state index in [1.807, 2.05) is 19.1 Å². The zero-order valence-electron chi connectivity index (χ0n) is 9.05. The fraction of sp³-hybridized carbons (Fsp3) is 0.250. The number of rotatable bonds is 1. The number of aromatic nitrogens is 1. The number of carbonyl (C=O) groups excluding carboxylic acids is 1. The van der Waals surface area contributed by atoms with Gasteiger partial charge in [-0.15, -0.1) is 0 Å². The lowest BCUT2D eigenvalue weighted by molar-refractivity contribution is -0.131. The van der Waals surface area contributed by atoms with Crippen molar-refractivity contribution in [1.29, 1.82) is 0 Å². The van der Waals surface area contributed by atoms with Crippen LogP contribution >= 0.6 is 0 Å². The van der Waals surface area contributed by atoms with E-state index in [1.54, 1.807) is 6.20 Å². The highest BCUT2D eigenvalue weighted by Crippen LogP contribution is 2.29. The van der Waals surface area contributed by atoms with Crippen LogP contribution in [0.3, 0.4) is 0 Å². The second-order valence-corrected chi connectivity index (χ2v) is 3.68. The summed E-state index contributed by atoms with van der Waals surface area (Å²) in [7, 11) is 0. The number of aryl methyl sites for hydroxylation is 2. The van der Waals surface area contributed by atoms with Gasteiger partial charge in [-0.2, -0.15) is 0 Å². The van der Waals surface area contributed by atoms with Gasteiger partial charge in [0.25, 0.3) is 0 Å². The first-order valence-corrected chi connectivity index (χ1v) is 4.85. The Morgan fingerprint density at radius 3 is 2.73 bits per heavy atom. The van der Waals surface area contributed by atoms with Gasteiger partial charge in [0.05, 0.1) is 5.52 Å². The van der Waals surface area contributed by atoms with Crippen LogP contribution < -0.4 is 4.74 Å². The Morgan fingerprint density at radius 2 is 2.07 bits per heavy atom. The minimum absolute atomic E-state index is 0.297. The minimum atomic E-state index is -0.297. The van der Waals surface area contributed by atoms with E-state index < -0.39 is 0 Å². The van der Waals surface area contributed by atoms with Crippen molar-refractivity contribution in [1.82, 2.24) is 4.98 Å². The summed E-state index contributed by atoms with van der Waals surface area (Å²) in [4.78, 5) is 14.0. The smallest absolute Gasteiger partial charge is 0.308 e. The third kappa shape index (κ3) is 1.61. The van der Waals surface area contributed by atoms with Gasteiger partial charge in [0.15, 0.2) is 5.75 Å². The van der Waals surface area contributed by atoms with E-state index in [0.29, 0.717) is 5.75 Å². The average molecular weight is 203 g/mol. The van der Waals surface area contributed by atoms with Crippen molar-refractivity contribution >= 4 is 16.9 Å². The monoisotopic (exact) mass is 203 g/mol. The number of hydrogen-bond acceptors (Lipinski definition) is 2. The first-order valence-electron chi connectivity index (χ1n) is 4.85. The average Bonchev–Trinajstić information content (AvgIpc) is 2.55. The maximum absolute atomic E-state index is 10.9. The molecule has 1 N–H and O–H groups in total. The summed E-state index contributed by atoms with van der Waals surface area (Å²) in [6, 6.07) is 3.99. The Hall–Kier alpha value is -1.77. The van der Waals surface area contributed by atoms with E-state index in [9.17, 15) is 4.79 Å². The molecule has 0 bridgehead atoms. The van der Waals surface area contributed by atoms with Crippen molar-refractivity contribution < 1.29 is 9.53 Å². The van der Waals surface area contributed by atoms with E-state index in [-0.39, 0.29) is 5.97 Å². The standard InChI is InChI=1S/C12H13NO2/c1-7-4-5-10-11(15-9(3)14)6-13-12(10)8(7)2/h4-6,13H,1-3H3. The zero-order chi connectivity index (χ0) is 11.0. The predicted octanol–water partition coefficient (Wildman–Crippen LogP) is 2.71. The summed E-state index contributed by atoms with van der Waals surface area (Å²) < 4.78 is 5.09. The van der Waals surface area contributed by atoms with Crippen molar-refractivity contribution in [2.45, 2.75) is 20.8 Å². The Labute approximate surface area is 88.1 Å². The van der Waals surface area contributed by atoms with Gasteiger partial charge in [-0.05, 0) is 31.0 Å². The van der Waals surface area contributed by atoms with Crippen LogP contribution in [0.5, 0.6) is 5.75 Å². The highest BCUT2D eigenvalue weighted by Gasteiger charge is 2.09. The summed E-state index contributed by atoms with van der Waals surface area (Å²) in [6.07, 6.45) is 1.72. The number of H-pyrrole nitrogens is 1. The van der Waals surface area contributed by atoms with E-state index in [4.69, 9.17) is 4.74 Å². The van der Waals surface area contributed by atoms with Gasteiger partial charge in [0, 0.05) is 18.5 Å². The van der Waals surface area contributed by atoms with Crippen LogP contribution in [-0.4, -0.2) is 11.0 Å². The molecular formula is C12H13NO2. The van der Waals surface area contributed by atoms with Gasteiger partial charge < -0.3 is 9.72 Å². The second kappa shape index (κ2) is 3.42. The normalized spacial score (nSPS) is 10.6. The van der Waals surface area contributed by atoms with Gasteiger partial charge >= 0.3 is 5.97 Å². The molecule has 78 valence electrons. The molecule has 0 saturated carbocycles. The lowest BCUT2D eigenvalue weighted by Gasteiger charge is -2.02. The summed E-state index contributed by atoms with van der Waals surface area (Å²) in [5.41, 5.74) is 3.44. The molecule has 0 aliphatic heterocycles. The maximum Gasteiger partial charge on any atom is 0.308 e. The molecule has 0 fully saturated rings. The predicted molar refractivity (Wildman–Crippen MR) is 59.1 cm³/mol. The first-order chi connectivity index (χ1) is 7.09. The van der Waals surface area contributed by atoms with Gasteiger partial charge in [-0.1, -0.05) is 6.07 Å². The molecule has 15 heavy (non-hydrogen) atoms. The number of esters is 1. The summed E-state index contributed by atoms with van der Waals surface area (Å²) in [5.74, 6) is 0.301. The molecule has 0 spiro atoms. The Bertz CT molecular complexity index is 526. The number of hydrogen-bond donors (Lipinski definition) is 1. The van der Waals surface area contributed by atoms with Gasteiger partial charge in [0.2, 0.25) is 0 Å². The molecule has 0 amide bonds. The van der Waals surface area contributed by atoms with Gasteiger partial charge in [-0.3, -0.25) is 4.79 Å². The van der Waals surface area contributed by atoms with Crippen LogP contribution in [-0.2, 0) is 4.79 Å². The SMILES string of the molecule is CC(=O)Oc1c[nH]c2c(C)c(C)ccc12. The van der Waals surface area contributed by atoms with E-state index >= 15 is 0 Å². The largest absolute Gasteiger partial charge is 0.424 e. The fourth-order valence-electron chi connectivity index (χ4n) is 1.66. The molecule has 0 atom stereocenters. The quantitative estimate of drug-likeness (QED) is 0.724. The highest BCUT2D eigenvalue weighted by molar-refractivity contribution is 5.91. The lowest BCUT2D eigenvalue weighted by Crippen LogP contribution is -2.00. The molecule has 0 aliphatic carbocycles. The van der Waals surface area contributed by atoms with Crippen molar-refractivity contribution in [2.75, 3.05) is 0 Å². The number of aromatic amines is 1. The maximum atomic E-state index is 10.9. The third-order valence-electron chi connectivity index (χ3n) is 2.60. The van der Waals surface area contributed by atoms with Crippen LogP contribution in [0.15, 0.2) is 18.3 Å². The molecule has 3 nitrogen and oxygen atoms in total. The first kappa shape index (κ1) is 9.77. The summed E-state index contributed by atoms with van der Waals surface area (Å²) in [5, 5.41) is 0.952. The number of benzene rings is 1.